The second-order valence-electron chi connectivity index (χ2n) is 6.75. The van der Waals surface area contributed by atoms with Gasteiger partial charge in [0, 0.05) is 32.7 Å². The maximum atomic E-state index is 12.9. The standard InChI is InChI=1S/C21H31N3O6/c1-4-29-17-13-15-16(14-18(17)30-5-2)23-21(27)24(20(15)26)11-8-6-7-9-19(25)22-10-12-28-3/h13-14H,4-12H2,1-3H3,(H,22,25)(H,23,27). The Morgan fingerprint density at radius 1 is 1.07 bits per heavy atom. The van der Waals surface area contributed by atoms with Crippen molar-refractivity contribution < 1.29 is 19.0 Å². The van der Waals surface area contributed by atoms with Crippen molar-refractivity contribution in [1.29, 1.82) is 0 Å². The molecule has 2 N–H and O–H groups in total. The Balaban J connectivity index is 2.05. The van der Waals surface area contributed by atoms with Crippen LogP contribution in [-0.4, -0.2) is 48.9 Å². The summed E-state index contributed by atoms with van der Waals surface area (Å²) in [5.41, 5.74) is -0.410. The van der Waals surface area contributed by atoms with Crippen LogP contribution in [0.1, 0.15) is 39.5 Å². The SMILES string of the molecule is CCOc1cc2[nH]c(=O)n(CCCCCC(=O)NCCOC)c(=O)c2cc1OCC. The first kappa shape index (κ1) is 23.5. The number of hydrogen-bond donors (Lipinski definition) is 2. The molecule has 166 valence electrons. The largest absolute Gasteiger partial charge is 0.490 e. The predicted octanol–water partition coefficient (Wildman–Crippen LogP) is 1.81. The maximum Gasteiger partial charge on any atom is 0.328 e. The Bertz CT molecular complexity index is 950. The minimum Gasteiger partial charge on any atom is -0.490 e. The van der Waals surface area contributed by atoms with E-state index in [9.17, 15) is 14.4 Å². The quantitative estimate of drug-likeness (QED) is 0.477. The van der Waals surface area contributed by atoms with E-state index in [-0.39, 0.29) is 18.0 Å². The van der Waals surface area contributed by atoms with E-state index in [2.05, 4.69) is 10.3 Å². The van der Waals surface area contributed by atoms with E-state index in [0.717, 1.165) is 6.42 Å². The lowest BCUT2D eigenvalue weighted by atomic mass is 10.2. The van der Waals surface area contributed by atoms with Gasteiger partial charge in [0.15, 0.2) is 11.5 Å². The van der Waals surface area contributed by atoms with Gasteiger partial charge < -0.3 is 24.5 Å². The van der Waals surface area contributed by atoms with Crippen LogP contribution in [0.25, 0.3) is 10.9 Å². The lowest BCUT2D eigenvalue weighted by Crippen LogP contribution is -2.35. The number of rotatable bonds is 13. The van der Waals surface area contributed by atoms with Crippen molar-refractivity contribution in [3.8, 4) is 11.5 Å². The fraction of sp³-hybridized carbons (Fsp3) is 0.571. The van der Waals surface area contributed by atoms with E-state index < -0.39 is 5.69 Å². The summed E-state index contributed by atoms with van der Waals surface area (Å²) in [6.45, 7) is 5.83. The number of fused-ring (bicyclic) bond motifs is 1. The highest BCUT2D eigenvalue weighted by Gasteiger charge is 2.13. The molecule has 0 bridgehead atoms. The molecule has 1 aromatic heterocycles. The molecule has 1 amide bonds. The van der Waals surface area contributed by atoms with E-state index in [4.69, 9.17) is 14.2 Å². The highest BCUT2D eigenvalue weighted by Crippen LogP contribution is 2.30. The third-order valence-electron chi connectivity index (χ3n) is 4.56. The summed E-state index contributed by atoms with van der Waals surface area (Å²) < 4.78 is 17.2. The molecule has 1 aromatic carbocycles. The number of nitrogens with zero attached hydrogens (tertiary/aromatic N) is 1. The summed E-state index contributed by atoms with van der Waals surface area (Å²) in [6.07, 6.45) is 2.44. The smallest absolute Gasteiger partial charge is 0.328 e. The molecule has 9 nitrogen and oxygen atoms in total. The summed E-state index contributed by atoms with van der Waals surface area (Å²) in [4.78, 5) is 39.7. The predicted molar refractivity (Wildman–Crippen MR) is 115 cm³/mol. The van der Waals surface area contributed by atoms with Gasteiger partial charge in [0.2, 0.25) is 5.91 Å². The van der Waals surface area contributed by atoms with E-state index >= 15 is 0 Å². The molecule has 2 rings (SSSR count). The summed E-state index contributed by atoms with van der Waals surface area (Å²) in [6, 6.07) is 3.24. The Morgan fingerprint density at radius 3 is 2.43 bits per heavy atom. The van der Waals surface area contributed by atoms with Crippen molar-refractivity contribution in [2.45, 2.75) is 46.1 Å². The number of unbranched alkanes of at least 4 members (excludes halogenated alkanes) is 2. The number of aromatic nitrogens is 2. The van der Waals surface area contributed by atoms with Gasteiger partial charge in [-0.3, -0.25) is 14.2 Å². The number of nitrogens with one attached hydrogen (secondary N) is 2. The van der Waals surface area contributed by atoms with Gasteiger partial charge in [0.25, 0.3) is 5.56 Å². The van der Waals surface area contributed by atoms with Gasteiger partial charge in [-0.1, -0.05) is 6.42 Å². The molecular weight excluding hydrogens is 390 g/mol. The third kappa shape index (κ3) is 6.35. The molecule has 2 aromatic rings. The number of aromatic amines is 1. The number of hydrogen-bond acceptors (Lipinski definition) is 6. The molecule has 30 heavy (non-hydrogen) atoms. The first-order chi connectivity index (χ1) is 14.5. The van der Waals surface area contributed by atoms with Crippen LogP contribution in [0.5, 0.6) is 11.5 Å². The van der Waals surface area contributed by atoms with Crippen molar-refractivity contribution >= 4 is 16.8 Å². The summed E-state index contributed by atoms with van der Waals surface area (Å²) >= 11 is 0. The molecule has 0 unspecified atom stereocenters. The highest BCUT2D eigenvalue weighted by atomic mass is 16.5. The Kier molecular flexibility index (Phi) is 9.40. The molecule has 0 spiro atoms. The molecule has 0 aliphatic carbocycles. The molecule has 0 saturated heterocycles. The molecule has 0 atom stereocenters. The third-order valence-corrected chi connectivity index (χ3v) is 4.56. The number of carbonyl (C=O) groups excluding carboxylic acids is 1. The van der Waals surface area contributed by atoms with Crippen LogP contribution in [0, 0.1) is 0 Å². The van der Waals surface area contributed by atoms with E-state index in [0.29, 0.717) is 68.0 Å². The van der Waals surface area contributed by atoms with Crippen molar-refractivity contribution in [2.75, 3.05) is 33.5 Å². The van der Waals surface area contributed by atoms with E-state index in [1.165, 1.54) is 4.57 Å². The lowest BCUT2D eigenvalue weighted by molar-refractivity contribution is -0.121. The monoisotopic (exact) mass is 421 g/mol. The molecule has 0 aliphatic heterocycles. The highest BCUT2D eigenvalue weighted by molar-refractivity contribution is 5.81. The van der Waals surface area contributed by atoms with Gasteiger partial charge in [0.05, 0.1) is 30.7 Å². The molecule has 0 radical (unpaired) electrons. The Hall–Kier alpha value is -2.81. The van der Waals surface area contributed by atoms with Crippen molar-refractivity contribution in [2.24, 2.45) is 0 Å². The lowest BCUT2D eigenvalue weighted by Gasteiger charge is -2.13. The zero-order valence-corrected chi connectivity index (χ0v) is 17.9. The van der Waals surface area contributed by atoms with Gasteiger partial charge >= 0.3 is 5.69 Å². The molecule has 0 fully saturated rings. The topological polar surface area (TPSA) is 112 Å². The first-order valence-corrected chi connectivity index (χ1v) is 10.3. The second kappa shape index (κ2) is 12.0. The van der Waals surface area contributed by atoms with Gasteiger partial charge in [-0.15, -0.1) is 0 Å². The van der Waals surface area contributed by atoms with Crippen LogP contribution < -0.4 is 26.0 Å². The van der Waals surface area contributed by atoms with Crippen LogP contribution >= 0.6 is 0 Å². The maximum absolute atomic E-state index is 12.9. The fourth-order valence-corrected chi connectivity index (χ4v) is 3.11. The first-order valence-electron chi connectivity index (χ1n) is 10.3. The summed E-state index contributed by atoms with van der Waals surface area (Å²) in [5.74, 6) is 0.937. The van der Waals surface area contributed by atoms with Gasteiger partial charge in [-0.05, 0) is 32.8 Å². The minimum atomic E-state index is -0.462. The number of carbonyl (C=O) groups is 1. The average molecular weight is 421 g/mol. The Labute approximate surface area is 175 Å². The van der Waals surface area contributed by atoms with E-state index in [1.54, 1.807) is 19.2 Å². The van der Waals surface area contributed by atoms with Crippen molar-refractivity contribution in [1.82, 2.24) is 14.9 Å². The number of benzene rings is 1. The van der Waals surface area contributed by atoms with Gasteiger partial charge in [-0.2, -0.15) is 0 Å². The number of amides is 1. The van der Waals surface area contributed by atoms with E-state index in [1.807, 2.05) is 13.8 Å². The molecule has 0 aliphatic rings. The normalized spacial score (nSPS) is 10.9. The van der Waals surface area contributed by atoms with Crippen LogP contribution in [0.4, 0.5) is 0 Å². The van der Waals surface area contributed by atoms with Crippen molar-refractivity contribution in [3.05, 3.63) is 33.0 Å². The van der Waals surface area contributed by atoms with Crippen LogP contribution in [0.3, 0.4) is 0 Å². The van der Waals surface area contributed by atoms with Gasteiger partial charge in [-0.25, -0.2) is 4.79 Å². The minimum absolute atomic E-state index is 0.0266. The van der Waals surface area contributed by atoms with Crippen LogP contribution in [0.2, 0.25) is 0 Å². The number of ether oxygens (including phenoxy) is 3. The van der Waals surface area contributed by atoms with Crippen molar-refractivity contribution in [3.63, 3.8) is 0 Å². The molecule has 0 saturated carbocycles. The molecular formula is C21H31N3O6. The Morgan fingerprint density at radius 2 is 1.77 bits per heavy atom. The zero-order chi connectivity index (χ0) is 21.9. The summed E-state index contributed by atoms with van der Waals surface area (Å²) in [5, 5.41) is 3.14. The zero-order valence-electron chi connectivity index (χ0n) is 17.9. The van der Waals surface area contributed by atoms with Crippen LogP contribution in [0.15, 0.2) is 21.7 Å². The number of methoxy groups -OCH3 is 1. The molecule has 1 heterocycles. The summed E-state index contributed by atoms with van der Waals surface area (Å²) in [7, 11) is 1.58. The molecule has 9 heteroatoms. The fourth-order valence-electron chi connectivity index (χ4n) is 3.11. The van der Waals surface area contributed by atoms with Gasteiger partial charge in [0.1, 0.15) is 0 Å². The second-order valence-corrected chi connectivity index (χ2v) is 6.75. The van der Waals surface area contributed by atoms with Crippen LogP contribution in [-0.2, 0) is 16.1 Å². The number of H-pyrrole nitrogens is 1. The average Bonchev–Trinajstić information content (AvgIpc) is 2.71.